The summed E-state index contributed by atoms with van der Waals surface area (Å²) >= 11 is 0. The van der Waals surface area contributed by atoms with Crippen LogP contribution in [-0.4, -0.2) is 9.78 Å². The molecule has 0 saturated heterocycles. The highest BCUT2D eigenvalue weighted by atomic mass is 19.4. The Kier molecular flexibility index (Phi) is 4.13. The third kappa shape index (κ3) is 4.03. The number of halogens is 3. The zero-order chi connectivity index (χ0) is 14.1. The molecule has 0 aromatic carbocycles. The van der Waals surface area contributed by atoms with E-state index >= 15 is 0 Å². The molecule has 0 amide bonds. The fraction of sp³-hybridized carbons (Fsp3) is 0.769. The lowest BCUT2D eigenvalue weighted by Crippen LogP contribution is -2.13. The van der Waals surface area contributed by atoms with Crippen LogP contribution >= 0.6 is 0 Å². The lowest BCUT2D eigenvalue weighted by atomic mass is 9.92. The van der Waals surface area contributed by atoms with Crippen LogP contribution in [-0.2, 0) is 12.7 Å². The summed E-state index contributed by atoms with van der Waals surface area (Å²) in [5.41, 5.74) is -0.384. The summed E-state index contributed by atoms with van der Waals surface area (Å²) in [4.78, 5) is 0. The van der Waals surface area contributed by atoms with Crippen molar-refractivity contribution in [2.75, 3.05) is 0 Å². The van der Waals surface area contributed by atoms with Crippen LogP contribution < -0.4 is 0 Å². The van der Waals surface area contributed by atoms with Gasteiger partial charge in [-0.3, -0.25) is 4.68 Å². The van der Waals surface area contributed by atoms with Crippen LogP contribution in [0.4, 0.5) is 13.2 Å². The molecule has 0 saturated carbocycles. The van der Waals surface area contributed by atoms with E-state index in [2.05, 4.69) is 25.9 Å². The molecule has 0 aliphatic carbocycles. The van der Waals surface area contributed by atoms with Gasteiger partial charge < -0.3 is 0 Å². The molecule has 0 radical (unpaired) electrons. The first kappa shape index (κ1) is 15.1. The summed E-state index contributed by atoms with van der Waals surface area (Å²) in [5.74, 6) is -0.176. The van der Waals surface area contributed by atoms with Crippen molar-refractivity contribution >= 4 is 0 Å². The van der Waals surface area contributed by atoms with Gasteiger partial charge in [-0.05, 0) is 17.8 Å². The second-order valence-corrected chi connectivity index (χ2v) is 6.16. The molecule has 18 heavy (non-hydrogen) atoms. The van der Waals surface area contributed by atoms with Gasteiger partial charge in [0.2, 0.25) is 0 Å². The van der Waals surface area contributed by atoms with E-state index < -0.39 is 11.9 Å². The smallest absolute Gasteiger partial charge is 0.272 e. The molecule has 0 unspecified atom stereocenters. The van der Waals surface area contributed by atoms with Crippen molar-refractivity contribution in [1.29, 1.82) is 0 Å². The zero-order valence-corrected chi connectivity index (χ0v) is 11.6. The SMILES string of the molecule is CC(C)c1cn(CCC(C)(C)C)nc1C(F)(F)F. The molecule has 0 spiro atoms. The Balaban J connectivity index is 2.97. The first-order valence-electron chi connectivity index (χ1n) is 6.15. The van der Waals surface area contributed by atoms with Crippen molar-refractivity contribution in [3.05, 3.63) is 17.5 Å². The molecule has 1 aromatic heterocycles. The summed E-state index contributed by atoms with van der Waals surface area (Å²) in [5, 5.41) is 3.70. The molecule has 0 fully saturated rings. The first-order valence-corrected chi connectivity index (χ1v) is 6.15. The van der Waals surface area contributed by atoms with E-state index in [0.29, 0.717) is 6.54 Å². The van der Waals surface area contributed by atoms with Crippen LogP contribution in [0.1, 0.15) is 58.2 Å². The van der Waals surface area contributed by atoms with Gasteiger partial charge in [0.15, 0.2) is 5.69 Å². The molecule has 1 heterocycles. The third-order valence-corrected chi connectivity index (χ3v) is 2.77. The van der Waals surface area contributed by atoms with Crippen LogP contribution in [0, 0.1) is 5.41 Å². The average Bonchev–Trinajstić information content (AvgIpc) is 2.56. The molecular weight excluding hydrogens is 241 g/mol. The highest BCUT2D eigenvalue weighted by molar-refractivity contribution is 5.23. The molecule has 2 nitrogen and oxygen atoms in total. The second kappa shape index (κ2) is 4.94. The van der Waals surface area contributed by atoms with Gasteiger partial charge >= 0.3 is 6.18 Å². The van der Waals surface area contributed by atoms with Crippen molar-refractivity contribution in [3.63, 3.8) is 0 Å². The van der Waals surface area contributed by atoms with Crippen molar-refractivity contribution in [2.24, 2.45) is 5.41 Å². The minimum Gasteiger partial charge on any atom is -0.272 e. The Morgan fingerprint density at radius 3 is 2.11 bits per heavy atom. The molecule has 1 rings (SSSR count). The molecule has 0 bridgehead atoms. The largest absolute Gasteiger partial charge is 0.435 e. The van der Waals surface area contributed by atoms with E-state index in [-0.39, 0.29) is 16.9 Å². The van der Waals surface area contributed by atoms with Gasteiger partial charge in [0.05, 0.1) is 0 Å². The molecule has 1 aromatic rings. The van der Waals surface area contributed by atoms with Crippen LogP contribution in [0.5, 0.6) is 0 Å². The summed E-state index contributed by atoms with van der Waals surface area (Å²) in [7, 11) is 0. The van der Waals surface area contributed by atoms with Crippen molar-refractivity contribution in [2.45, 2.75) is 59.7 Å². The maximum Gasteiger partial charge on any atom is 0.435 e. The van der Waals surface area contributed by atoms with Gasteiger partial charge in [0.1, 0.15) is 0 Å². The van der Waals surface area contributed by atoms with Crippen molar-refractivity contribution < 1.29 is 13.2 Å². The van der Waals surface area contributed by atoms with E-state index in [1.807, 2.05) is 0 Å². The number of hydrogen-bond acceptors (Lipinski definition) is 1. The van der Waals surface area contributed by atoms with E-state index in [9.17, 15) is 13.2 Å². The van der Waals surface area contributed by atoms with Crippen LogP contribution in [0.15, 0.2) is 6.20 Å². The quantitative estimate of drug-likeness (QED) is 0.786. The average molecular weight is 262 g/mol. The molecule has 0 aliphatic heterocycles. The number of aromatic nitrogens is 2. The maximum atomic E-state index is 12.8. The van der Waals surface area contributed by atoms with Crippen LogP contribution in [0.25, 0.3) is 0 Å². The Morgan fingerprint density at radius 1 is 1.22 bits per heavy atom. The molecule has 0 N–H and O–H groups in total. The van der Waals surface area contributed by atoms with E-state index in [1.165, 1.54) is 10.9 Å². The van der Waals surface area contributed by atoms with E-state index in [1.54, 1.807) is 13.8 Å². The number of aryl methyl sites for hydroxylation is 1. The molecule has 104 valence electrons. The number of rotatable bonds is 3. The van der Waals surface area contributed by atoms with Gasteiger partial charge in [-0.2, -0.15) is 18.3 Å². The molecule has 0 aliphatic rings. The zero-order valence-electron chi connectivity index (χ0n) is 11.6. The molecular formula is C13H21F3N2. The Labute approximate surface area is 106 Å². The number of alkyl halides is 3. The van der Waals surface area contributed by atoms with Crippen molar-refractivity contribution in [3.8, 4) is 0 Å². The van der Waals surface area contributed by atoms with Crippen LogP contribution in [0.2, 0.25) is 0 Å². The minimum atomic E-state index is -4.37. The third-order valence-electron chi connectivity index (χ3n) is 2.77. The normalized spacial score (nSPS) is 13.4. The number of hydrogen-bond donors (Lipinski definition) is 0. The summed E-state index contributed by atoms with van der Waals surface area (Å²) in [6, 6.07) is 0. The predicted octanol–water partition coefficient (Wildman–Crippen LogP) is 4.46. The summed E-state index contributed by atoms with van der Waals surface area (Å²) in [6.07, 6.45) is -2.05. The Bertz CT molecular complexity index is 397. The molecule has 0 atom stereocenters. The lowest BCUT2D eigenvalue weighted by Gasteiger charge is -2.17. The van der Waals surface area contributed by atoms with Crippen molar-refractivity contribution in [1.82, 2.24) is 9.78 Å². The Morgan fingerprint density at radius 2 is 1.78 bits per heavy atom. The second-order valence-electron chi connectivity index (χ2n) is 6.16. The maximum absolute atomic E-state index is 12.8. The van der Waals surface area contributed by atoms with Gasteiger partial charge in [-0.1, -0.05) is 34.6 Å². The minimum absolute atomic E-state index is 0.0857. The molecule has 5 heteroatoms. The standard InChI is InChI=1S/C13H21F3N2/c1-9(2)10-8-18(7-6-12(3,4)5)17-11(10)13(14,15)16/h8-9H,6-7H2,1-5H3. The first-order chi connectivity index (χ1) is 8.00. The monoisotopic (exact) mass is 262 g/mol. The summed E-state index contributed by atoms with van der Waals surface area (Å²) < 4.78 is 39.9. The van der Waals surface area contributed by atoms with Gasteiger partial charge in [-0.25, -0.2) is 0 Å². The van der Waals surface area contributed by atoms with E-state index in [4.69, 9.17) is 0 Å². The van der Waals surface area contributed by atoms with E-state index in [0.717, 1.165) is 6.42 Å². The topological polar surface area (TPSA) is 17.8 Å². The predicted molar refractivity (Wildman–Crippen MR) is 65.4 cm³/mol. The number of nitrogens with zero attached hydrogens (tertiary/aromatic N) is 2. The lowest BCUT2D eigenvalue weighted by molar-refractivity contribution is -0.142. The fourth-order valence-corrected chi connectivity index (χ4v) is 1.64. The van der Waals surface area contributed by atoms with Gasteiger partial charge in [-0.15, -0.1) is 0 Å². The van der Waals surface area contributed by atoms with Gasteiger partial charge in [0, 0.05) is 18.3 Å². The van der Waals surface area contributed by atoms with Gasteiger partial charge in [0.25, 0.3) is 0 Å². The fourth-order valence-electron chi connectivity index (χ4n) is 1.64. The van der Waals surface area contributed by atoms with Crippen LogP contribution in [0.3, 0.4) is 0 Å². The Hall–Kier alpha value is -1.00. The highest BCUT2D eigenvalue weighted by Crippen LogP contribution is 2.34. The summed E-state index contributed by atoms with van der Waals surface area (Å²) in [6.45, 7) is 10.2. The highest BCUT2D eigenvalue weighted by Gasteiger charge is 2.37.